The van der Waals surface area contributed by atoms with Crippen LogP contribution >= 0.6 is 0 Å². The van der Waals surface area contributed by atoms with E-state index in [0.717, 1.165) is 16.9 Å². The molecule has 0 saturated carbocycles. The average Bonchev–Trinajstić information content (AvgIpc) is 2.45. The average molecular weight is 241 g/mol. The number of hydrogen-bond donors (Lipinski definition) is 0. The molecule has 3 heteroatoms. The second-order valence-electron chi connectivity index (χ2n) is 3.77. The molecule has 0 spiro atoms. The lowest BCUT2D eigenvalue weighted by Gasteiger charge is -2.00. The highest BCUT2D eigenvalue weighted by molar-refractivity contribution is 5.79. The van der Waals surface area contributed by atoms with Crippen LogP contribution in [0.15, 0.2) is 59.8 Å². The van der Waals surface area contributed by atoms with E-state index in [0.29, 0.717) is 6.61 Å². The zero-order valence-electron chi connectivity index (χ0n) is 10.2. The molecule has 2 rings (SSSR count). The first kappa shape index (κ1) is 12.2. The maximum atomic E-state index is 5.23. The van der Waals surface area contributed by atoms with Crippen LogP contribution in [0.2, 0.25) is 0 Å². The fraction of sp³-hybridized carbons (Fsp3) is 0.133. The monoisotopic (exact) mass is 241 g/mol. The van der Waals surface area contributed by atoms with Gasteiger partial charge in [0.05, 0.1) is 13.3 Å². The molecule has 0 N–H and O–H groups in total. The van der Waals surface area contributed by atoms with Gasteiger partial charge in [-0.05, 0) is 23.3 Å². The molecule has 18 heavy (non-hydrogen) atoms. The highest BCUT2D eigenvalue weighted by Crippen LogP contribution is 2.10. The first-order chi connectivity index (χ1) is 8.88. The van der Waals surface area contributed by atoms with Gasteiger partial charge >= 0.3 is 0 Å². The van der Waals surface area contributed by atoms with Crippen LogP contribution in [0.1, 0.15) is 11.1 Å². The number of benzene rings is 2. The summed E-state index contributed by atoms with van der Waals surface area (Å²) in [7, 11) is 1.64. The van der Waals surface area contributed by atoms with Crippen LogP contribution in [0.4, 0.5) is 0 Å². The molecule has 2 aromatic rings. The van der Waals surface area contributed by atoms with Crippen LogP contribution in [-0.4, -0.2) is 13.3 Å². The predicted molar refractivity (Wildman–Crippen MR) is 71.8 cm³/mol. The van der Waals surface area contributed by atoms with E-state index in [2.05, 4.69) is 5.16 Å². The van der Waals surface area contributed by atoms with Crippen molar-refractivity contribution in [2.24, 2.45) is 5.16 Å². The van der Waals surface area contributed by atoms with Gasteiger partial charge in [-0.2, -0.15) is 0 Å². The Kier molecular flexibility index (Phi) is 4.36. The zero-order chi connectivity index (χ0) is 12.6. The van der Waals surface area contributed by atoms with Crippen molar-refractivity contribution in [1.29, 1.82) is 0 Å². The molecule has 0 heterocycles. The Morgan fingerprint density at radius 1 is 1.06 bits per heavy atom. The van der Waals surface area contributed by atoms with Crippen molar-refractivity contribution in [3.63, 3.8) is 0 Å². The number of nitrogens with zero attached hydrogens (tertiary/aromatic N) is 1. The van der Waals surface area contributed by atoms with Crippen LogP contribution in [0.5, 0.6) is 5.75 Å². The van der Waals surface area contributed by atoms with Gasteiger partial charge in [0.1, 0.15) is 12.4 Å². The molecule has 92 valence electrons. The van der Waals surface area contributed by atoms with Crippen LogP contribution in [0, 0.1) is 0 Å². The van der Waals surface area contributed by atoms with Crippen LogP contribution in [-0.2, 0) is 11.4 Å². The second kappa shape index (κ2) is 6.45. The molecule has 3 nitrogen and oxygen atoms in total. The number of rotatable bonds is 5. The van der Waals surface area contributed by atoms with Crippen molar-refractivity contribution >= 4 is 6.21 Å². The fourth-order valence-corrected chi connectivity index (χ4v) is 1.51. The highest BCUT2D eigenvalue weighted by Gasteiger charge is 1.93. The van der Waals surface area contributed by atoms with Gasteiger partial charge in [-0.3, -0.25) is 0 Å². The van der Waals surface area contributed by atoms with E-state index >= 15 is 0 Å². The first-order valence-corrected chi connectivity index (χ1v) is 5.72. The molecule has 0 bridgehead atoms. The number of oxime groups is 1. The molecular formula is C15H15NO2. The minimum atomic E-state index is 0.474. The summed E-state index contributed by atoms with van der Waals surface area (Å²) in [6.07, 6.45) is 1.67. The van der Waals surface area contributed by atoms with E-state index < -0.39 is 0 Å². The normalized spacial score (nSPS) is 10.5. The third-order valence-corrected chi connectivity index (χ3v) is 2.44. The molecule has 0 aliphatic carbocycles. The summed E-state index contributed by atoms with van der Waals surface area (Å²) >= 11 is 0. The van der Waals surface area contributed by atoms with Crippen molar-refractivity contribution in [2.45, 2.75) is 6.61 Å². The lowest BCUT2D eigenvalue weighted by Crippen LogP contribution is -1.89. The van der Waals surface area contributed by atoms with E-state index in [4.69, 9.17) is 9.57 Å². The van der Waals surface area contributed by atoms with Gasteiger partial charge in [-0.25, -0.2) is 0 Å². The number of hydrogen-bond acceptors (Lipinski definition) is 3. The van der Waals surface area contributed by atoms with Crippen molar-refractivity contribution < 1.29 is 9.57 Å². The third kappa shape index (κ3) is 3.63. The highest BCUT2D eigenvalue weighted by atomic mass is 16.6. The maximum Gasteiger partial charge on any atom is 0.142 e. The Balaban J connectivity index is 1.87. The Bertz CT molecular complexity index is 509. The van der Waals surface area contributed by atoms with E-state index in [9.17, 15) is 0 Å². The van der Waals surface area contributed by atoms with Gasteiger partial charge in [0.2, 0.25) is 0 Å². The maximum absolute atomic E-state index is 5.23. The smallest absolute Gasteiger partial charge is 0.142 e. The Labute approximate surface area is 107 Å². The van der Waals surface area contributed by atoms with Gasteiger partial charge in [0, 0.05) is 0 Å². The van der Waals surface area contributed by atoms with Gasteiger partial charge in [-0.15, -0.1) is 0 Å². The summed E-state index contributed by atoms with van der Waals surface area (Å²) in [6.45, 7) is 0.474. The summed E-state index contributed by atoms with van der Waals surface area (Å²) < 4.78 is 5.13. The largest absolute Gasteiger partial charge is 0.497 e. The minimum Gasteiger partial charge on any atom is -0.497 e. The van der Waals surface area contributed by atoms with Crippen molar-refractivity contribution in [1.82, 2.24) is 0 Å². The molecule has 0 aliphatic heterocycles. The molecule has 0 atom stereocenters. The molecule has 0 saturated heterocycles. The quantitative estimate of drug-likeness (QED) is 0.594. The minimum absolute atomic E-state index is 0.474. The second-order valence-corrected chi connectivity index (χ2v) is 3.77. The van der Waals surface area contributed by atoms with Crippen molar-refractivity contribution in [3.8, 4) is 5.75 Å². The zero-order valence-corrected chi connectivity index (χ0v) is 10.2. The summed E-state index contributed by atoms with van der Waals surface area (Å²) in [5.74, 6) is 0.807. The van der Waals surface area contributed by atoms with Crippen LogP contribution in [0.25, 0.3) is 0 Å². The van der Waals surface area contributed by atoms with E-state index in [1.54, 1.807) is 13.3 Å². The molecule has 0 radical (unpaired) electrons. The lowest BCUT2D eigenvalue weighted by molar-refractivity contribution is 0.132. The van der Waals surface area contributed by atoms with Crippen LogP contribution < -0.4 is 4.74 Å². The van der Waals surface area contributed by atoms with Gasteiger partial charge in [0.15, 0.2) is 0 Å². The summed E-state index contributed by atoms with van der Waals surface area (Å²) in [6, 6.07) is 17.6. The molecule has 0 amide bonds. The van der Waals surface area contributed by atoms with E-state index in [-0.39, 0.29) is 0 Å². The van der Waals surface area contributed by atoms with E-state index in [1.165, 1.54) is 0 Å². The topological polar surface area (TPSA) is 30.8 Å². The molecule has 0 aromatic heterocycles. The summed E-state index contributed by atoms with van der Waals surface area (Å²) in [4.78, 5) is 5.23. The molecule has 0 unspecified atom stereocenters. The van der Waals surface area contributed by atoms with Crippen molar-refractivity contribution in [2.75, 3.05) is 7.11 Å². The Morgan fingerprint density at radius 2 is 1.89 bits per heavy atom. The third-order valence-electron chi connectivity index (χ3n) is 2.44. The molecule has 0 fully saturated rings. The van der Waals surface area contributed by atoms with E-state index in [1.807, 2.05) is 54.6 Å². The SMILES string of the molecule is COc1cccc(C=NOCc2ccccc2)c1. The van der Waals surface area contributed by atoms with Gasteiger partial charge in [-0.1, -0.05) is 47.6 Å². The molecule has 2 aromatic carbocycles. The summed E-state index contributed by atoms with van der Waals surface area (Å²) in [5.41, 5.74) is 2.04. The Hall–Kier alpha value is -2.29. The molecule has 0 aliphatic rings. The van der Waals surface area contributed by atoms with Crippen molar-refractivity contribution in [3.05, 3.63) is 65.7 Å². The van der Waals surface area contributed by atoms with Crippen LogP contribution in [0.3, 0.4) is 0 Å². The standard InChI is InChI=1S/C15H15NO2/c1-17-15-9-5-8-14(10-15)11-16-18-12-13-6-3-2-4-7-13/h2-11H,12H2,1H3. The number of methoxy groups -OCH3 is 1. The van der Waals surface area contributed by atoms with Gasteiger partial charge in [0.25, 0.3) is 0 Å². The summed E-state index contributed by atoms with van der Waals surface area (Å²) in [5, 5.41) is 3.93. The predicted octanol–water partition coefficient (Wildman–Crippen LogP) is 3.25. The molecular weight excluding hydrogens is 226 g/mol. The lowest BCUT2D eigenvalue weighted by atomic mass is 10.2. The van der Waals surface area contributed by atoms with Gasteiger partial charge < -0.3 is 9.57 Å². The first-order valence-electron chi connectivity index (χ1n) is 5.72. The fourth-order valence-electron chi connectivity index (χ4n) is 1.51. The number of ether oxygens (including phenoxy) is 1. The Morgan fingerprint density at radius 3 is 2.67 bits per heavy atom.